The van der Waals surface area contributed by atoms with Crippen LogP contribution in [0.5, 0.6) is 17.4 Å². The third-order valence-electron chi connectivity index (χ3n) is 6.33. The lowest BCUT2D eigenvalue weighted by Crippen LogP contribution is -2.45. The van der Waals surface area contributed by atoms with Crippen molar-refractivity contribution in [3.8, 4) is 17.4 Å². The Morgan fingerprint density at radius 2 is 2.00 bits per heavy atom. The fourth-order valence-electron chi connectivity index (χ4n) is 3.78. The van der Waals surface area contributed by atoms with Crippen LogP contribution in [0.4, 0.5) is 10.5 Å². The van der Waals surface area contributed by atoms with Crippen LogP contribution in [-0.2, 0) is 14.9 Å². The fourth-order valence-corrected chi connectivity index (χ4v) is 3.78. The molecule has 1 aromatic heterocycles. The molecule has 2 N–H and O–H groups in total. The third-order valence-corrected chi connectivity index (χ3v) is 6.33. The number of fused-ring (bicyclic) bond motifs is 2. The van der Waals surface area contributed by atoms with Crippen LogP contribution in [0.15, 0.2) is 36.5 Å². The topological polar surface area (TPSA) is 98.8 Å². The first kappa shape index (κ1) is 22.9. The number of pyridine rings is 1. The van der Waals surface area contributed by atoms with Crippen LogP contribution in [-0.4, -0.2) is 35.2 Å². The van der Waals surface area contributed by atoms with Gasteiger partial charge in [0, 0.05) is 17.0 Å². The van der Waals surface area contributed by atoms with Gasteiger partial charge in [0.25, 0.3) is 0 Å². The number of carbonyl (C=O) groups excluding carboxylic acids is 2. The molecule has 2 amide bonds. The summed E-state index contributed by atoms with van der Waals surface area (Å²) in [5.74, 6) is 1.73. The first-order valence-electron chi connectivity index (χ1n) is 11.5. The summed E-state index contributed by atoms with van der Waals surface area (Å²) in [5, 5.41) is 5.41. The number of amides is 2. The van der Waals surface area contributed by atoms with E-state index in [4.69, 9.17) is 14.2 Å². The second-order valence-corrected chi connectivity index (χ2v) is 9.28. The second kappa shape index (κ2) is 8.92. The SMILES string of the molecule is CC[C@@H](NC(=O)OC(C)(C)CC)C(=O)Nc1ccc(Oc2cccc3c2C2(CC2)CO3)nc1. The molecular formula is C25H31N3O5. The molecular weight excluding hydrogens is 422 g/mol. The van der Waals surface area contributed by atoms with Gasteiger partial charge in [-0.25, -0.2) is 9.78 Å². The number of nitrogens with zero attached hydrogens (tertiary/aromatic N) is 1. The number of aromatic nitrogens is 1. The van der Waals surface area contributed by atoms with Crippen molar-refractivity contribution in [2.75, 3.05) is 11.9 Å². The molecule has 4 rings (SSSR count). The average Bonchev–Trinajstić information content (AvgIpc) is 3.47. The zero-order valence-corrected chi connectivity index (χ0v) is 19.6. The van der Waals surface area contributed by atoms with Crippen LogP contribution < -0.4 is 20.1 Å². The molecule has 0 bridgehead atoms. The maximum absolute atomic E-state index is 12.6. The van der Waals surface area contributed by atoms with Crippen LogP contribution >= 0.6 is 0 Å². The number of rotatable bonds is 8. The normalized spacial score (nSPS) is 16.4. The van der Waals surface area contributed by atoms with E-state index >= 15 is 0 Å². The minimum absolute atomic E-state index is 0.0928. The molecule has 176 valence electrons. The summed E-state index contributed by atoms with van der Waals surface area (Å²) in [6, 6.07) is 8.52. The number of benzene rings is 1. The van der Waals surface area contributed by atoms with Crippen molar-refractivity contribution in [3.05, 3.63) is 42.1 Å². The quantitative estimate of drug-likeness (QED) is 0.588. The summed E-state index contributed by atoms with van der Waals surface area (Å²) in [7, 11) is 0. The van der Waals surface area contributed by atoms with Gasteiger partial charge in [-0.3, -0.25) is 4.79 Å². The number of carbonyl (C=O) groups is 2. The van der Waals surface area contributed by atoms with E-state index in [-0.39, 0.29) is 11.3 Å². The number of ether oxygens (including phenoxy) is 3. The van der Waals surface area contributed by atoms with Crippen molar-refractivity contribution in [2.24, 2.45) is 0 Å². The number of alkyl carbamates (subject to hydrolysis) is 1. The summed E-state index contributed by atoms with van der Waals surface area (Å²) in [6.07, 6.45) is 4.22. The van der Waals surface area contributed by atoms with Crippen LogP contribution in [0.2, 0.25) is 0 Å². The molecule has 2 aliphatic rings. The van der Waals surface area contributed by atoms with Gasteiger partial charge < -0.3 is 24.8 Å². The molecule has 0 saturated heterocycles. The number of hydrogen-bond donors (Lipinski definition) is 2. The van der Waals surface area contributed by atoms with Crippen LogP contribution in [0.25, 0.3) is 0 Å². The van der Waals surface area contributed by atoms with E-state index in [1.165, 1.54) is 6.20 Å². The molecule has 33 heavy (non-hydrogen) atoms. The molecule has 2 aromatic rings. The first-order chi connectivity index (χ1) is 15.7. The van der Waals surface area contributed by atoms with Gasteiger partial charge >= 0.3 is 6.09 Å². The van der Waals surface area contributed by atoms with Crippen molar-refractivity contribution < 1.29 is 23.8 Å². The highest BCUT2D eigenvalue weighted by atomic mass is 16.6. The summed E-state index contributed by atoms with van der Waals surface area (Å²) in [4.78, 5) is 29.1. The molecule has 1 saturated carbocycles. The summed E-state index contributed by atoms with van der Waals surface area (Å²) < 4.78 is 17.3. The van der Waals surface area contributed by atoms with Crippen LogP contribution in [0, 0.1) is 0 Å². The molecule has 1 aromatic carbocycles. The zero-order valence-electron chi connectivity index (χ0n) is 19.6. The van der Waals surface area contributed by atoms with Crippen molar-refractivity contribution in [1.82, 2.24) is 10.3 Å². The molecule has 1 aliphatic heterocycles. The van der Waals surface area contributed by atoms with Gasteiger partial charge in [-0.15, -0.1) is 0 Å². The molecule has 1 spiro atoms. The predicted molar refractivity (Wildman–Crippen MR) is 124 cm³/mol. The van der Waals surface area contributed by atoms with Crippen LogP contribution in [0.3, 0.4) is 0 Å². The Morgan fingerprint density at radius 3 is 2.64 bits per heavy atom. The van der Waals surface area contributed by atoms with Crippen LogP contribution in [0.1, 0.15) is 58.9 Å². The highest BCUT2D eigenvalue weighted by Gasteiger charge is 2.52. The molecule has 2 heterocycles. The van der Waals surface area contributed by atoms with Gasteiger partial charge in [-0.1, -0.05) is 19.9 Å². The zero-order chi connectivity index (χ0) is 23.6. The average molecular weight is 454 g/mol. The highest BCUT2D eigenvalue weighted by Crippen LogP contribution is 2.58. The standard InChI is InChI=1S/C25H31N3O5/c1-5-17(28-23(30)33-24(3,4)6-2)22(29)27-16-10-11-20(26-14-16)32-19-9-7-8-18-21(19)25(12-13-25)15-31-18/h7-11,14,17H,5-6,12-13,15H2,1-4H3,(H,27,29)(H,28,30)/t17-/m1/s1. The van der Waals surface area contributed by atoms with E-state index in [1.54, 1.807) is 12.1 Å². The predicted octanol–water partition coefficient (Wildman–Crippen LogP) is 4.93. The first-order valence-corrected chi connectivity index (χ1v) is 11.5. The molecule has 1 aliphatic carbocycles. The van der Waals surface area contributed by atoms with Crippen molar-refractivity contribution in [3.63, 3.8) is 0 Å². The van der Waals surface area contributed by atoms with Crippen molar-refractivity contribution >= 4 is 17.7 Å². The van der Waals surface area contributed by atoms with E-state index in [2.05, 4.69) is 15.6 Å². The molecule has 0 unspecified atom stereocenters. The smallest absolute Gasteiger partial charge is 0.408 e. The molecule has 1 fully saturated rings. The summed E-state index contributed by atoms with van der Waals surface area (Å²) in [6.45, 7) is 8.10. The molecule has 1 atom stereocenters. The minimum Gasteiger partial charge on any atom is -0.492 e. The Balaban J connectivity index is 1.37. The maximum Gasteiger partial charge on any atom is 0.408 e. The Morgan fingerprint density at radius 1 is 1.21 bits per heavy atom. The maximum atomic E-state index is 12.6. The largest absolute Gasteiger partial charge is 0.492 e. The van der Waals surface area contributed by atoms with Gasteiger partial charge in [-0.05, 0) is 57.7 Å². The van der Waals surface area contributed by atoms with Gasteiger partial charge in [0.2, 0.25) is 11.8 Å². The number of nitrogens with one attached hydrogen (secondary N) is 2. The van der Waals surface area contributed by atoms with Gasteiger partial charge in [-0.2, -0.15) is 0 Å². The molecule has 0 radical (unpaired) electrons. The third kappa shape index (κ3) is 5.05. The Labute approximate surface area is 194 Å². The fraction of sp³-hybridized carbons (Fsp3) is 0.480. The number of hydrogen-bond acceptors (Lipinski definition) is 6. The minimum atomic E-state index is -0.720. The van der Waals surface area contributed by atoms with E-state index in [0.29, 0.717) is 31.0 Å². The summed E-state index contributed by atoms with van der Waals surface area (Å²) >= 11 is 0. The lowest BCUT2D eigenvalue weighted by Gasteiger charge is -2.25. The Kier molecular flexibility index (Phi) is 6.19. The summed E-state index contributed by atoms with van der Waals surface area (Å²) in [5.41, 5.74) is 1.13. The second-order valence-electron chi connectivity index (χ2n) is 9.28. The van der Waals surface area contributed by atoms with Crippen molar-refractivity contribution in [1.29, 1.82) is 0 Å². The Bertz CT molecular complexity index is 1030. The lowest BCUT2D eigenvalue weighted by molar-refractivity contribution is -0.118. The van der Waals surface area contributed by atoms with E-state index in [9.17, 15) is 9.59 Å². The molecule has 8 nitrogen and oxygen atoms in total. The Hall–Kier alpha value is -3.29. The van der Waals surface area contributed by atoms with E-state index in [0.717, 1.165) is 29.9 Å². The monoisotopic (exact) mass is 453 g/mol. The molecule has 8 heteroatoms. The van der Waals surface area contributed by atoms with Gasteiger partial charge in [0.05, 0.1) is 18.5 Å². The number of anilines is 1. The van der Waals surface area contributed by atoms with Gasteiger partial charge in [0.15, 0.2) is 0 Å². The van der Waals surface area contributed by atoms with E-state index < -0.39 is 17.7 Å². The van der Waals surface area contributed by atoms with Gasteiger partial charge in [0.1, 0.15) is 23.1 Å². The highest BCUT2D eigenvalue weighted by molar-refractivity contribution is 5.96. The lowest BCUT2D eigenvalue weighted by atomic mass is 9.97. The van der Waals surface area contributed by atoms with E-state index in [1.807, 2.05) is 45.9 Å². The van der Waals surface area contributed by atoms with Crippen molar-refractivity contribution in [2.45, 2.75) is 70.4 Å².